The number of carbonyl (C=O) groups is 4. The first kappa shape index (κ1) is 52.2. The summed E-state index contributed by atoms with van der Waals surface area (Å²) < 4.78 is 25.5. The van der Waals surface area contributed by atoms with Gasteiger partial charge in [0.25, 0.3) is 0 Å². The minimum atomic E-state index is -1.08. The first-order valence-corrected chi connectivity index (χ1v) is 27.4. The lowest BCUT2D eigenvalue weighted by molar-refractivity contribution is -0.177. The molecule has 0 N–H and O–H groups in total. The van der Waals surface area contributed by atoms with Crippen molar-refractivity contribution < 1.29 is 38.1 Å². The van der Waals surface area contributed by atoms with Crippen LogP contribution in [0.2, 0.25) is 0 Å². The molecule has 2 unspecified atom stereocenters. The number of amides is 2. The minimum absolute atomic E-state index is 0.000571. The van der Waals surface area contributed by atoms with Crippen LogP contribution in [0.25, 0.3) is 0 Å². The molecule has 12 heteroatoms. The van der Waals surface area contributed by atoms with Gasteiger partial charge in [-0.15, -0.1) is 0 Å². The predicted molar refractivity (Wildman–Crippen MR) is 294 cm³/mol. The van der Waals surface area contributed by atoms with E-state index in [1.54, 1.807) is 0 Å². The molecule has 0 radical (unpaired) electrons. The summed E-state index contributed by atoms with van der Waals surface area (Å²) in [5.74, 6) is 0.249. The molecular weight excluding hydrogens is 953 g/mol. The Bertz CT molecular complexity index is 2670. The Balaban J connectivity index is 0.839. The van der Waals surface area contributed by atoms with Gasteiger partial charge in [-0.25, -0.2) is 9.59 Å². The predicted octanol–water partition coefficient (Wildman–Crippen LogP) is 9.84. The molecule has 2 amide bonds. The fourth-order valence-electron chi connectivity index (χ4n) is 11.5. The van der Waals surface area contributed by atoms with Crippen LogP contribution < -0.4 is 19.3 Å². The van der Waals surface area contributed by atoms with Crippen LogP contribution in [0, 0.1) is 11.8 Å². The zero-order chi connectivity index (χ0) is 52.1. The van der Waals surface area contributed by atoms with E-state index in [0.717, 1.165) is 98.3 Å². The second-order valence-corrected chi connectivity index (χ2v) is 21.0. The highest BCUT2D eigenvalue weighted by Crippen LogP contribution is 2.38. The third-order valence-corrected chi connectivity index (χ3v) is 15.6. The number of ether oxygens (including phenoxy) is 4. The Kier molecular flexibility index (Phi) is 17.5. The zero-order valence-electron chi connectivity index (χ0n) is 43.5. The molecule has 4 aliphatic heterocycles. The molecule has 10 rings (SSSR count). The van der Waals surface area contributed by atoms with Gasteiger partial charge < -0.3 is 28.7 Å². The molecule has 12 nitrogen and oxygen atoms in total. The highest BCUT2D eigenvalue weighted by atomic mass is 16.6. The molecule has 0 spiro atoms. The molecule has 0 aliphatic carbocycles. The molecule has 2 fully saturated rings. The maximum Gasteiger partial charge on any atom is 0.417 e. The smallest absolute Gasteiger partial charge is 0.417 e. The average molecular weight is 1020 g/mol. The number of nitrogens with zero attached hydrogens (tertiary/aromatic N) is 4. The number of carbonyl (C=O) groups excluding carboxylic acids is 4. The third kappa shape index (κ3) is 13.8. The van der Waals surface area contributed by atoms with E-state index < -0.39 is 24.1 Å². The van der Waals surface area contributed by atoms with Crippen molar-refractivity contribution in [3.63, 3.8) is 0 Å². The third-order valence-electron chi connectivity index (χ3n) is 15.6. The lowest BCUT2D eigenvalue weighted by Crippen LogP contribution is -2.45. The number of hydrogen-bond acceptors (Lipinski definition) is 10. The molecule has 0 aromatic heterocycles. The van der Waals surface area contributed by atoms with Gasteiger partial charge in [-0.05, 0) is 136 Å². The maximum absolute atomic E-state index is 14.2. The van der Waals surface area contributed by atoms with Crippen LogP contribution in [0.4, 0.5) is 11.4 Å². The van der Waals surface area contributed by atoms with Gasteiger partial charge in [0.2, 0.25) is 11.8 Å². The van der Waals surface area contributed by atoms with Crippen molar-refractivity contribution in [1.82, 2.24) is 9.80 Å². The van der Waals surface area contributed by atoms with Gasteiger partial charge in [0.15, 0.2) is 0 Å². The summed E-state index contributed by atoms with van der Waals surface area (Å²) in [6, 6.07) is 52.5. The highest BCUT2D eigenvalue weighted by Gasteiger charge is 2.33. The Morgan fingerprint density at radius 2 is 0.789 bits per heavy atom. The molecule has 2 saturated heterocycles. The topological polar surface area (TPSA) is 118 Å². The van der Waals surface area contributed by atoms with Crippen LogP contribution in [0.3, 0.4) is 0 Å². The van der Waals surface area contributed by atoms with Crippen molar-refractivity contribution >= 4 is 35.1 Å². The fourth-order valence-corrected chi connectivity index (χ4v) is 11.5. The van der Waals surface area contributed by atoms with E-state index >= 15 is 0 Å². The van der Waals surface area contributed by atoms with Crippen LogP contribution in [0.15, 0.2) is 158 Å². The van der Waals surface area contributed by atoms with E-state index in [-0.39, 0.29) is 25.0 Å². The van der Waals surface area contributed by atoms with Crippen LogP contribution in [0.5, 0.6) is 11.5 Å². The Labute approximate surface area is 447 Å². The molecule has 6 aromatic rings. The van der Waals surface area contributed by atoms with Crippen molar-refractivity contribution in [3.05, 3.63) is 191 Å². The zero-order valence-corrected chi connectivity index (χ0v) is 43.5. The number of fused-ring (bicyclic) bond motifs is 2. The largest absolute Gasteiger partial charge is 0.489 e. The van der Waals surface area contributed by atoms with Gasteiger partial charge in [0.05, 0.1) is 24.5 Å². The summed E-state index contributed by atoms with van der Waals surface area (Å²) >= 11 is 0. The normalized spacial score (nSPS) is 17.3. The molecule has 4 heterocycles. The Morgan fingerprint density at radius 1 is 0.434 bits per heavy atom. The van der Waals surface area contributed by atoms with Crippen LogP contribution in [-0.2, 0) is 67.4 Å². The Morgan fingerprint density at radius 3 is 1.16 bits per heavy atom. The van der Waals surface area contributed by atoms with E-state index in [4.69, 9.17) is 18.9 Å². The molecule has 2 atom stereocenters. The quantitative estimate of drug-likeness (QED) is 0.0541. The van der Waals surface area contributed by atoms with E-state index in [1.165, 1.54) is 11.1 Å². The number of anilines is 2. The summed E-state index contributed by atoms with van der Waals surface area (Å²) in [6.45, 7) is 4.89. The molecule has 76 heavy (non-hydrogen) atoms. The van der Waals surface area contributed by atoms with Gasteiger partial charge in [0.1, 0.15) is 36.9 Å². The fraction of sp³-hybridized carbons (Fsp3) is 0.375. The Hall–Kier alpha value is -7.28. The lowest BCUT2D eigenvalue weighted by atomic mass is 9.90. The van der Waals surface area contributed by atoms with Crippen LogP contribution >= 0.6 is 0 Å². The summed E-state index contributed by atoms with van der Waals surface area (Å²) in [5, 5.41) is 0. The number of hydrogen-bond donors (Lipinski definition) is 0. The summed E-state index contributed by atoms with van der Waals surface area (Å²) in [7, 11) is 0. The summed E-state index contributed by atoms with van der Waals surface area (Å²) in [5.41, 5.74) is 8.17. The van der Waals surface area contributed by atoms with E-state index in [9.17, 15) is 19.2 Å². The molecule has 6 aromatic carbocycles. The summed E-state index contributed by atoms with van der Waals surface area (Å²) in [4.78, 5) is 63.2. The first-order valence-electron chi connectivity index (χ1n) is 27.4. The van der Waals surface area contributed by atoms with Crippen molar-refractivity contribution in [2.24, 2.45) is 11.8 Å². The molecule has 0 bridgehead atoms. The monoisotopic (exact) mass is 1020 g/mol. The van der Waals surface area contributed by atoms with Crippen molar-refractivity contribution in [3.8, 4) is 11.5 Å². The molecule has 0 saturated carbocycles. The number of piperidine rings is 2. The van der Waals surface area contributed by atoms with E-state index in [1.807, 2.05) is 119 Å². The second kappa shape index (κ2) is 25.5. The van der Waals surface area contributed by atoms with Gasteiger partial charge in [0, 0.05) is 37.1 Å². The van der Waals surface area contributed by atoms with E-state index in [2.05, 4.69) is 58.3 Å². The summed E-state index contributed by atoms with van der Waals surface area (Å²) in [6.07, 6.45) is 6.13. The SMILES string of the molecule is O=C(OC(COc1cccc2c1CCC(=O)N2Cc1ccccc1)CN1CCC(Cc2ccccc2)CC1)C(=O)OC(COc1cccc2c1CCC(=O)N2Cc1ccccc1)CN1CCC(Cc2ccccc2)CC1. The average Bonchev–Trinajstić information content (AvgIpc) is 3.48. The minimum Gasteiger partial charge on any atom is -0.489 e. The number of benzene rings is 6. The number of likely N-dealkylation sites (tertiary alicyclic amines) is 2. The van der Waals surface area contributed by atoms with Crippen LogP contribution in [-0.4, -0.2) is 98.2 Å². The van der Waals surface area contributed by atoms with E-state index in [0.29, 0.717) is 75.2 Å². The lowest BCUT2D eigenvalue weighted by Gasteiger charge is -2.35. The molecule has 394 valence electrons. The van der Waals surface area contributed by atoms with Gasteiger partial charge in [-0.3, -0.25) is 19.4 Å². The van der Waals surface area contributed by atoms with Crippen molar-refractivity contribution in [1.29, 1.82) is 0 Å². The highest BCUT2D eigenvalue weighted by molar-refractivity contribution is 6.29. The maximum atomic E-state index is 14.2. The standard InChI is InChI=1S/C64H70N4O8/c69-61-29-27-55-57(67(61)41-51-19-9-3-10-20-51)23-13-25-59(55)73-45-53(43-65-35-31-49(32-36-65)39-47-15-5-1-6-16-47)75-63(71)64(72)76-54(44-66-37-33-50(34-38-66)40-48-17-7-2-8-18-48)46-74-60-26-14-24-58-56(60)28-30-62(70)68(58)42-52-21-11-4-12-22-52/h1-26,49-50,53-54H,27-46H2. The van der Waals surface area contributed by atoms with Crippen LogP contribution in [0.1, 0.15) is 71.9 Å². The molecule has 4 aliphatic rings. The van der Waals surface area contributed by atoms with Crippen molar-refractivity contribution in [2.75, 3.05) is 62.3 Å². The number of esters is 2. The first-order chi connectivity index (χ1) is 37.3. The second-order valence-electron chi connectivity index (χ2n) is 21.0. The van der Waals surface area contributed by atoms with Gasteiger partial charge >= 0.3 is 11.9 Å². The van der Waals surface area contributed by atoms with Gasteiger partial charge in [-0.2, -0.15) is 0 Å². The molecular formula is C64H70N4O8. The van der Waals surface area contributed by atoms with Crippen molar-refractivity contribution in [2.45, 2.75) is 89.5 Å². The van der Waals surface area contributed by atoms with Gasteiger partial charge in [-0.1, -0.05) is 133 Å². The number of rotatable bonds is 20.